The maximum absolute atomic E-state index is 11.2. The Labute approximate surface area is 176 Å². The van der Waals surface area contributed by atoms with Gasteiger partial charge in [-0.1, -0.05) is 19.1 Å². The third-order valence-corrected chi connectivity index (χ3v) is 4.82. The minimum Gasteiger partial charge on any atom is -0.493 e. The van der Waals surface area contributed by atoms with Crippen molar-refractivity contribution >= 4 is 5.97 Å². The quantitative estimate of drug-likeness (QED) is 0.531. The van der Waals surface area contributed by atoms with Crippen LogP contribution in [0.4, 0.5) is 0 Å². The first-order valence-corrected chi connectivity index (χ1v) is 9.99. The Kier molecular flexibility index (Phi) is 6.45. The minimum absolute atomic E-state index is 0.447. The van der Waals surface area contributed by atoms with E-state index in [1.807, 2.05) is 19.1 Å². The fraction of sp³-hybridized carbons (Fsp3) is 0.333. The Balaban J connectivity index is 1.56. The molecule has 6 heteroatoms. The molecule has 3 rings (SSSR count). The lowest BCUT2D eigenvalue weighted by Gasteiger charge is -2.21. The van der Waals surface area contributed by atoms with Gasteiger partial charge in [0.05, 0.1) is 12.3 Å². The van der Waals surface area contributed by atoms with Crippen molar-refractivity contribution < 1.29 is 23.8 Å². The zero-order valence-electron chi connectivity index (χ0n) is 17.8. The van der Waals surface area contributed by atoms with E-state index < -0.39 is 11.6 Å². The average Bonchev–Trinajstić information content (AvgIpc) is 3.09. The largest absolute Gasteiger partial charge is 0.493 e. The van der Waals surface area contributed by atoms with Gasteiger partial charge in [0.1, 0.15) is 17.3 Å². The highest BCUT2D eigenvalue weighted by molar-refractivity contribution is 5.76. The molecule has 0 atom stereocenters. The van der Waals surface area contributed by atoms with E-state index in [0.717, 1.165) is 23.4 Å². The van der Waals surface area contributed by atoms with Crippen molar-refractivity contribution in [2.45, 2.75) is 46.1 Å². The number of rotatable bonds is 9. The van der Waals surface area contributed by atoms with E-state index in [1.165, 1.54) is 19.4 Å². The fourth-order valence-corrected chi connectivity index (χ4v) is 2.87. The van der Waals surface area contributed by atoms with Gasteiger partial charge in [0, 0.05) is 12.0 Å². The maximum atomic E-state index is 11.2. The summed E-state index contributed by atoms with van der Waals surface area (Å²) in [6.45, 7) is 7.49. The normalized spacial score (nSPS) is 11.3. The van der Waals surface area contributed by atoms with E-state index in [4.69, 9.17) is 19.0 Å². The number of carbonyl (C=O) groups is 1. The molecule has 1 heterocycles. The highest BCUT2D eigenvalue weighted by Gasteiger charge is 2.29. The van der Waals surface area contributed by atoms with Crippen LogP contribution in [-0.2, 0) is 17.6 Å². The molecule has 1 N–H and O–H groups in total. The van der Waals surface area contributed by atoms with Gasteiger partial charge in [0.25, 0.3) is 0 Å². The van der Waals surface area contributed by atoms with Gasteiger partial charge in [-0.2, -0.15) is 0 Å². The van der Waals surface area contributed by atoms with Gasteiger partial charge >= 0.3 is 5.97 Å². The molecular formula is C24H27NO5. The topological polar surface area (TPSA) is 81.8 Å². The number of hydrogen-bond donors (Lipinski definition) is 1. The van der Waals surface area contributed by atoms with Gasteiger partial charge in [-0.05, 0) is 69.2 Å². The first kappa shape index (κ1) is 21.4. The van der Waals surface area contributed by atoms with Crippen molar-refractivity contribution in [1.82, 2.24) is 4.98 Å². The molecule has 0 saturated heterocycles. The second-order valence-corrected chi connectivity index (χ2v) is 7.56. The first-order chi connectivity index (χ1) is 14.3. The summed E-state index contributed by atoms with van der Waals surface area (Å²) in [7, 11) is 0. The van der Waals surface area contributed by atoms with Gasteiger partial charge in [-0.15, -0.1) is 0 Å². The van der Waals surface area contributed by atoms with Crippen LogP contribution in [0.1, 0.15) is 37.8 Å². The number of aryl methyl sites for hydroxylation is 2. The summed E-state index contributed by atoms with van der Waals surface area (Å²) in [6, 6.07) is 15.1. The zero-order valence-corrected chi connectivity index (χ0v) is 17.8. The van der Waals surface area contributed by atoms with Crippen LogP contribution in [-0.4, -0.2) is 28.3 Å². The first-order valence-electron chi connectivity index (χ1n) is 9.99. The van der Waals surface area contributed by atoms with Gasteiger partial charge in [-0.25, -0.2) is 9.78 Å². The number of ether oxygens (including phenoxy) is 2. The molecule has 0 unspecified atom stereocenters. The Morgan fingerprint density at radius 3 is 2.30 bits per heavy atom. The van der Waals surface area contributed by atoms with Crippen LogP contribution >= 0.6 is 0 Å². The summed E-state index contributed by atoms with van der Waals surface area (Å²) in [5, 5.41) is 9.14. The van der Waals surface area contributed by atoms with Crippen LogP contribution in [0, 0.1) is 6.92 Å². The lowest BCUT2D eigenvalue weighted by molar-refractivity contribution is -0.152. The monoisotopic (exact) mass is 409 g/mol. The van der Waals surface area contributed by atoms with Crippen molar-refractivity contribution in [3.8, 4) is 23.0 Å². The fourth-order valence-electron chi connectivity index (χ4n) is 2.87. The van der Waals surface area contributed by atoms with Gasteiger partial charge in [0.2, 0.25) is 5.89 Å². The molecule has 158 valence electrons. The molecule has 6 nitrogen and oxygen atoms in total. The van der Waals surface area contributed by atoms with Crippen LogP contribution in [0.2, 0.25) is 0 Å². The van der Waals surface area contributed by atoms with Crippen molar-refractivity contribution in [1.29, 1.82) is 0 Å². The standard InChI is InChI=1S/C24H27NO5/c1-5-17-6-8-18(9-7-17)22-25-21(16(2)29-22)14-15-28-19-10-12-20(13-11-19)30-24(3,4)23(26)27/h6-13H,5,14-15H2,1-4H3,(H,26,27). The second-order valence-electron chi connectivity index (χ2n) is 7.56. The number of aliphatic carboxylic acids is 1. The molecule has 1 aromatic heterocycles. The summed E-state index contributed by atoms with van der Waals surface area (Å²) >= 11 is 0. The van der Waals surface area contributed by atoms with Crippen LogP contribution < -0.4 is 9.47 Å². The second kappa shape index (κ2) is 9.03. The summed E-state index contributed by atoms with van der Waals surface area (Å²) in [6.07, 6.45) is 1.62. The van der Waals surface area contributed by atoms with E-state index in [0.29, 0.717) is 30.4 Å². The third-order valence-electron chi connectivity index (χ3n) is 4.82. The zero-order chi connectivity index (χ0) is 21.7. The molecule has 2 aromatic carbocycles. The number of hydrogen-bond acceptors (Lipinski definition) is 5. The lowest BCUT2D eigenvalue weighted by atomic mass is 10.1. The molecular weight excluding hydrogens is 382 g/mol. The van der Waals surface area contributed by atoms with E-state index in [9.17, 15) is 4.79 Å². The van der Waals surface area contributed by atoms with Gasteiger partial charge in [-0.3, -0.25) is 0 Å². The van der Waals surface area contributed by atoms with E-state index in [-0.39, 0.29) is 0 Å². The molecule has 0 saturated carbocycles. The van der Waals surface area contributed by atoms with Gasteiger partial charge in [0.15, 0.2) is 5.60 Å². The van der Waals surface area contributed by atoms with Crippen LogP contribution in [0.3, 0.4) is 0 Å². The summed E-state index contributed by atoms with van der Waals surface area (Å²) in [4.78, 5) is 15.8. The van der Waals surface area contributed by atoms with Crippen LogP contribution in [0.15, 0.2) is 52.9 Å². The van der Waals surface area contributed by atoms with Crippen molar-refractivity contribution in [3.63, 3.8) is 0 Å². The molecule has 0 spiro atoms. The SMILES string of the molecule is CCc1ccc(-c2nc(CCOc3ccc(OC(C)(C)C(=O)O)cc3)c(C)o2)cc1. The Hall–Kier alpha value is -3.28. The highest BCUT2D eigenvalue weighted by Crippen LogP contribution is 2.24. The molecule has 0 aliphatic carbocycles. The van der Waals surface area contributed by atoms with E-state index >= 15 is 0 Å². The molecule has 0 fully saturated rings. The summed E-state index contributed by atoms with van der Waals surface area (Å²) < 4.78 is 17.1. The molecule has 0 bridgehead atoms. The highest BCUT2D eigenvalue weighted by atomic mass is 16.5. The molecule has 0 aliphatic heterocycles. The predicted octanol–water partition coefficient (Wildman–Crippen LogP) is 5.08. The predicted molar refractivity (Wildman–Crippen MR) is 114 cm³/mol. The number of carboxylic acids is 1. The lowest BCUT2D eigenvalue weighted by Crippen LogP contribution is -2.37. The number of aromatic nitrogens is 1. The number of nitrogens with zero attached hydrogens (tertiary/aromatic N) is 1. The van der Waals surface area contributed by atoms with Crippen molar-refractivity contribution in [3.05, 3.63) is 65.5 Å². The Morgan fingerprint density at radius 1 is 1.07 bits per heavy atom. The van der Waals surface area contributed by atoms with E-state index in [1.54, 1.807) is 24.3 Å². The van der Waals surface area contributed by atoms with Crippen LogP contribution in [0.5, 0.6) is 11.5 Å². The van der Waals surface area contributed by atoms with Gasteiger partial charge < -0.3 is 19.0 Å². The molecule has 3 aromatic rings. The Morgan fingerprint density at radius 2 is 1.70 bits per heavy atom. The van der Waals surface area contributed by atoms with Crippen LogP contribution in [0.25, 0.3) is 11.5 Å². The Bertz CT molecular complexity index is 987. The molecule has 0 radical (unpaired) electrons. The smallest absolute Gasteiger partial charge is 0.347 e. The van der Waals surface area contributed by atoms with E-state index in [2.05, 4.69) is 24.0 Å². The molecule has 0 amide bonds. The maximum Gasteiger partial charge on any atom is 0.347 e. The average molecular weight is 409 g/mol. The number of carboxylic acid groups (broad SMARTS) is 1. The molecule has 30 heavy (non-hydrogen) atoms. The summed E-state index contributed by atoms with van der Waals surface area (Å²) in [5.74, 6) is 1.53. The van der Waals surface area contributed by atoms with Crippen molar-refractivity contribution in [2.24, 2.45) is 0 Å². The molecule has 0 aliphatic rings. The van der Waals surface area contributed by atoms with Crippen molar-refractivity contribution in [2.75, 3.05) is 6.61 Å². The minimum atomic E-state index is -1.29. The third kappa shape index (κ3) is 5.20. The summed E-state index contributed by atoms with van der Waals surface area (Å²) in [5.41, 5.74) is 1.81. The number of oxazole rings is 1. The number of benzene rings is 2.